The molecule has 4 rings (SSSR count). The molecule has 0 unspecified atom stereocenters. The molecule has 1 aliphatic heterocycles. The molecule has 8 nitrogen and oxygen atoms in total. The van der Waals surface area contributed by atoms with Crippen molar-refractivity contribution >= 4 is 17.6 Å². The van der Waals surface area contributed by atoms with Crippen molar-refractivity contribution in [3.05, 3.63) is 66.2 Å². The van der Waals surface area contributed by atoms with E-state index in [1.165, 1.54) is 0 Å². The highest BCUT2D eigenvalue weighted by atomic mass is 16.5. The average molecular weight is 393 g/mol. The van der Waals surface area contributed by atoms with Crippen molar-refractivity contribution in [2.24, 2.45) is 0 Å². The first-order chi connectivity index (χ1) is 14.1. The molecule has 1 saturated heterocycles. The SMILES string of the molecule is Cc1cc(NC(=O)CN2CCN(C(=O)c3cccc(-n4cccc4)c3)CC2)no1. The Hall–Kier alpha value is -3.39. The fourth-order valence-corrected chi connectivity index (χ4v) is 3.41. The molecule has 2 amide bonds. The molecule has 0 atom stereocenters. The van der Waals surface area contributed by atoms with E-state index in [-0.39, 0.29) is 18.4 Å². The number of piperazine rings is 1. The summed E-state index contributed by atoms with van der Waals surface area (Å²) in [6.07, 6.45) is 3.90. The summed E-state index contributed by atoms with van der Waals surface area (Å²) in [6.45, 7) is 4.50. The number of carbonyl (C=O) groups is 2. The monoisotopic (exact) mass is 393 g/mol. The number of aromatic nitrogens is 2. The van der Waals surface area contributed by atoms with Gasteiger partial charge in [0.2, 0.25) is 5.91 Å². The Morgan fingerprint density at radius 2 is 1.83 bits per heavy atom. The second-order valence-corrected chi connectivity index (χ2v) is 7.08. The van der Waals surface area contributed by atoms with Crippen LogP contribution in [0.4, 0.5) is 5.82 Å². The summed E-state index contributed by atoms with van der Waals surface area (Å²) >= 11 is 0. The Morgan fingerprint density at radius 3 is 2.52 bits per heavy atom. The van der Waals surface area contributed by atoms with Gasteiger partial charge >= 0.3 is 0 Å². The fourth-order valence-electron chi connectivity index (χ4n) is 3.41. The molecule has 1 aromatic carbocycles. The lowest BCUT2D eigenvalue weighted by Crippen LogP contribution is -2.50. The van der Waals surface area contributed by atoms with Gasteiger partial charge in [-0.3, -0.25) is 14.5 Å². The number of aryl methyl sites for hydroxylation is 1. The van der Waals surface area contributed by atoms with Gasteiger partial charge in [0.1, 0.15) is 5.76 Å². The van der Waals surface area contributed by atoms with E-state index in [2.05, 4.69) is 10.5 Å². The van der Waals surface area contributed by atoms with Gasteiger partial charge in [0.15, 0.2) is 5.82 Å². The second-order valence-electron chi connectivity index (χ2n) is 7.08. The first-order valence-electron chi connectivity index (χ1n) is 9.57. The molecule has 1 fully saturated rings. The Kier molecular flexibility index (Phi) is 5.44. The van der Waals surface area contributed by atoms with E-state index in [1.807, 2.05) is 63.2 Å². The van der Waals surface area contributed by atoms with Crippen LogP contribution in [0.5, 0.6) is 0 Å². The van der Waals surface area contributed by atoms with Crippen molar-refractivity contribution < 1.29 is 14.1 Å². The van der Waals surface area contributed by atoms with Gasteiger partial charge in [0, 0.05) is 55.9 Å². The molecule has 2 aromatic heterocycles. The number of hydrogen-bond donors (Lipinski definition) is 1. The minimum Gasteiger partial charge on any atom is -0.360 e. The van der Waals surface area contributed by atoms with E-state index in [1.54, 1.807) is 13.0 Å². The normalized spacial score (nSPS) is 14.7. The standard InChI is InChI=1S/C21H23N5O3/c1-16-13-19(23-29-16)22-20(27)15-24-9-11-26(12-10-24)21(28)17-5-4-6-18(14-17)25-7-2-3-8-25/h2-8,13-14H,9-12,15H2,1H3,(H,22,23,27). The van der Waals surface area contributed by atoms with Gasteiger partial charge in [-0.25, -0.2) is 0 Å². The van der Waals surface area contributed by atoms with Crippen LogP contribution in [0, 0.1) is 6.92 Å². The van der Waals surface area contributed by atoms with Crippen molar-refractivity contribution in [2.45, 2.75) is 6.92 Å². The average Bonchev–Trinajstić information content (AvgIpc) is 3.40. The molecule has 8 heteroatoms. The van der Waals surface area contributed by atoms with Crippen molar-refractivity contribution in [3.63, 3.8) is 0 Å². The maximum absolute atomic E-state index is 12.9. The summed E-state index contributed by atoms with van der Waals surface area (Å²) in [5.74, 6) is 0.941. The number of amides is 2. The molecule has 29 heavy (non-hydrogen) atoms. The molecular weight excluding hydrogens is 370 g/mol. The van der Waals surface area contributed by atoms with Gasteiger partial charge in [0.05, 0.1) is 6.54 Å². The minimum absolute atomic E-state index is 0.0150. The lowest BCUT2D eigenvalue weighted by atomic mass is 10.1. The van der Waals surface area contributed by atoms with Gasteiger partial charge in [-0.2, -0.15) is 0 Å². The lowest BCUT2D eigenvalue weighted by molar-refractivity contribution is -0.117. The summed E-state index contributed by atoms with van der Waals surface area (Å²) < 4.78 is 6.92. The number of nitrogens with zero attached hydrogens (tertiary/aromatic N) is 4. The summed E-state index contributed by atoms with van der Waals surface area (Å²) in [5, 5.41) is 6.48. The first-order valence-corrected chi connectivity index (χ1v) is 9.57. The Morgan fingerprint density at radius 1 is 1.07 bits per heavy atom. The van der Waals surface area contributed by atoms with Crippen LogP contribution >= 0.6 is 0 Å². The number of benzene rings is 1. The van der Waals surface area contributed by atoms with Crippen LogP contribution in [0.2, 0.25) is 0 Å². The van der Waals surface area contributed by atoms with Gasteiger partial charge in [0.25, 0.3) is 5.91 Å². The summed E-state index contributed by atoms with van der Waals surface area (Å²) in [6, 6.07) is 13.2. The van der Waals surface area contributed by atoms with E-state index in [9.17, 15) is 9.59 Å². The van der Waals surface area contributed by atoms with Crippen LogP contribution in [-0.2, 0) is 4.79 Å². The van der Waals surface area contributed by atoms with E-state index in [0.717, 1.165) is 5.69 Å². The number of carbonyl (C=O) groups excluding carboxylic acids is 2. The molecule has 0 aliphatic carbocycles. The number of rotatable bonds is 5. The summed E-state index contributed by atoms with van der Waals surface area (Å²) in [4.78, 5) is 28.9. The molecule has 0 bridgehead atoms. The lowest BCUT2D eigenvalue weighted by Gasteiger charge is -2.34. The summed E-state index contributed by atoms with van der Waals surface area (Å²) in [5.41, 5.74) is 1.63. The third-order valence-corrected chi connectivity index (χ3v) is 4.92. The third kappa shape index (κ3) is 4.55. The fraction of sp³-hybridized carbons (Fsp3) is 0.286. The first kappa shape index (κ1) is 18.9. The van der Waals surface area contributed by atoms with Crippen LogP contribution in [-0.4, -0.2) is 64.1 Å². The smallest absolute Gasteiger partial charge is 0.254 e. The maximum atomic E-state index is 12.9. The highest BCUT2D eigenvalue weighted by molar-refractivity contribution is 5.95. The van der Waals surface area contributed by atoms with Crippen LogP contribution in [0.1, 0.15) is 16.1 Å². The highest BCUT2D eigenvalue weighted by Crippen LogP contribution is 2.14. The van der Waals surface area contributed by atoms with Crippen molar-refractivity contribution in [1.29, 1.82) is 0 Å². The number of nitrogens with one attached hydrogen (secondary N) is 1. The third-order valence-electron chi connectivity index (χ3n) is 4.92. The van der Waals surface area contributed by atoms with Gasteiger partial charge in [-0.1, -0.05) is 11.2 Å². The zero-order chi connectivity index (χ0) is 20.2. The molecule has 0 radical (unpaired) electrons. The molecule has 0 spiro atoms. The van der Waals surface area contributed by atoms with Crippen LogP contribution in [0.25, 0.3) is 5.69 Å². The zero-order valence-electron chi connectivity index (χ0n) is 16.2. The predicted octanol–water partition coefficient (Wildman–Crippen LogP) is 2.17. The van der Waals surface area contributed by atoms with E-state index in [4.69, 9.17) is 4.52 Å². The second kappa shape index (κ2) is 8.32. The van der Waals surface area contributed by atoms with Crippen molar-refractivity contribution in [3.8, 4) is 5.69 Å². The zero-order valence-corrected chi connectivity index (χ0v) is 16.2. The van der Waals surface area contributed by atoms with Crippen LogP contribution in [0.15, 0.2) is 59.4 Å². The quantitative estimate of drug-likeness (QED) is 0.718. The number of anilines is 1. The van der Waals surface area contributed by atoms with Crippen molar-refractivity contribution in [1.82, 2.24) is 19.5 Å². The molecule has 1 aliphatic rings. The maximum Gasteiger partial charge on any atom is 0.254 e. The Balaban J connectivity index is 1.31. The minimum atomic E-state index is -0.141. The molecule has 3 aromatic rings. The predicted molar refractivity (Wildman–Crippen MR) is 108 cm³/mol. The molecule has 0 saturated carbocycles. The van der Waals surface area contributed by atoms with Gasteiger partial charge in [-0.05, 0) is 37.3 Å². The largest absolute Gasteiger partial charge is 0.360 e. The number of hydrogen-bond acceptors (Lipinski definition) is 5. The molecule has 150 valence electrons. The highest BCUT2D eigenvalue weighted by Gasteiger charge is 2.23. The van der Waals surface area contributed by atoms with Gasteiger partial charge in [-0.15, -0.1) is 0 Å². The van der Waals surface area contributed by atoms with Crippen LogP contribution < -0.4 is 5.32 Å². The van der Waals surface area contributed by atoms with Crippen LogP contribution in [0.3, 0.4) is 0 Å². The Bertz CT molecular complexity index is 987. The molecular formula is C21H23N5O3. The molecule has 1 N–H and O–H groups in total. The van der Waals surface area contributed by atoms with E-state index < -0.39 is 0 Å². The Labute approximate surface area is 168 Å². The van der Waals surface area contributed by atoms with Crippen molar-refractivity contribution in [2.75, 3.05) is 38.0 Å². The summed E-state index contributed by atoms with van der Waals surface area (Å²) in [7, 11) is 0. The van der Waals surface area contributed by atoms with E-state index >= 15 is 0 Å². The topological polar surface area (TPSA) is 83.6 Å². The van der Waals surface area contributed by atoms with Gasteiger partial charge < -0.3 is 19.3 Å². The molecule has 3 heterocycles. The van der Waals surface area contributed by atoms with E-state index in [0.29, 0.717) is 43.3 Å².